The molecule has 3 nitrogen and oxygen atoms in total. The monoisotopic (exact) mass is 246 g/mol. The second kappa shape index (κ2) is 5.42. The second-order valence-electron chi connectivity index (χ2n) is 5.58. The Morgan fingerprint density at radius 1 is 1.44 bits per heavy atom. The molecule has 2 rings (SSSR count). The fourth-order valence-electron chi connectivity index (χ4n) is 2.73. The third-order valence-electron chi connectivity index (χ3n) is 3.81. The van der Waals surface area contributed by atoms with Gasteiger partial charge in [0.05, 0.1) is 5.56 Å². The van der Waals surface area contributed by atoms with Crippen LogP contribution in [-0.2, 0) is 0 Å². The first kappa shape index (κ1) is 12.9. The molecule has 1 amide bonds. The lowest BCUT2D eigenvalue weighted by atomic mass is 10.1. The van der Waals surface area contributed by atoms with Crippen molar-refractivity contribution in [3.05, 3.63) is 29.3 Å². The topological polar surface area (TPSA) is 55.1 Å². The molecule has 2 unspecified atom stereocenters. The summed E-state index contributed by atoms with van der Waals surface area (Å²) in [6.07, 6.45) is 3.74. The highest BCUT2D eigenvalue weighted by atomic mass is 16.1. The number of carbonyl (C=O) groups excluding carboxylic acids is 1. The van der Waals surface area contributed by atoms with Gasteiger partial charge in [0, 0.05) is 12.2 Å². The van der Waals surface area contributed by atoms with E-state index in [2.05, 4.69) is 12.2 Å². The number of nitrogens with two attached hydrogens (primary N) is 1. The summed E-state index contributed by atoms with van der Waals surface area (Å²) in [6.45, 7) is 5.02. The van der Waals surface area contributed by atoms with Crippen molar-refractivity contribution in [1.82, 2.24) is 5.32 Å². The first-order chi connectivity index (χ1) is 8.56. The number of nitrogens with one attached hydrogen (secondary N) is 1. The summed E-state index contributed by atoms with van der Waals surface area (Å²) < 4.78 is 0. The van der Waals surface area contributed by atoms with Gasteiger partial charge in [-0.25, -0.2) is 0 Å². The van der Waals surface area contributed by atoms with E-state index in [1.807, 2.05) is 19.1 Å². The first-order valence-electron chi connectivity index (χ1n) is 6.70. The highest BCUT2D eigenvalue weighted by Gasteiger charge is 2.22. The molecule has 1 aromatic carbocycles. The number of benzene rings is 1. The summed E-state index contributed by atoms with van der Waals surface area (Å²) in [4.78, 5) is 12.0. The van der Waals surface area contributed by atoms with Crippen LogP contribution in [0.4, 0.5) is 5.69 Å². The highest BCUT2D eigenvalue weighted by molar-refractivity contribution is 5.99. The first-order valence-corrected chi connectivity index (χ1v) is 6.70. The molecule has 3 N–H and O–H groups in total. The molecule has 0 bridgehead atoms. The van der Waals surface area contributed by atoms with Crippen molar-refractivity contribution in [2.75, 3.05) is 12.3 Å². The maximum atomic E-state index is 12.0. The molecular formula is C15H22N2O. The number of aryl methyl sites for hydroxylation is 1. The molecule has 2 atom stereocenters. The zero-order valence-electron chi connectivity index (χ0n) is 11.2. The van der Waals surface area contributed by atoms with Crippen LogP contribution in [0.1, 0.15) is 42.1 Å². The maximum Gasteiger partial charge on any atom is 0.253 e. The summed E-state index contributed by atoms with van der Waals surface area (Å²) in [5, 5.41) is 3.00. The number of rotatable bonds is 3. The van der Waals surface area contributed by atoms with Crippen LogP contribution in [0.5, 0.6) is 0 Å². The quantitative estimate of drug-likeness (QED) is 0.806. The van der Waals surface area contributed by atoms with Gasteiger partial charge in [0.1, 0.15) is 0 Å². The molecule has 1 aromatic rings. The van der Waals surface area contributed by atoms with Crippen molar-refractivity contribution in [2.24, 2.45) is 11.8 Å². The third kappa shape index (κ3) is 3.03. The van der Waals surface area contributed by atoms with E-state index in [1.165, 1.54) is 19.3 Å². The van der Waals surface area contributed by atoms with E-state index in [0.29, 0.717) is 17.2 Å². The van der Waals surface area contributed by atoms with Crippen LogP contribution in [0.25, 0.3) is 0 Å². The van der Waals surface area contributed by atoms with Gasteiger partial charge in [0.15, 0.2) is 0 Å². The van der Waals surface area contributed by atoms with Crippen LogP contribution in [0, 0.1) is 18.8 Å². The van der Waals surface area contributed by atoms with Gasteiger partial charge in [0.25, 0.3) is 5.91 Å². The molecule has 1 aliphatic carbocycles. The number of hydrogen-bond donors (Lipinski definition) is 2. The third-order valence-corrected chi connectivity index (χ3v) is 3.81. The lowest BCUT2D eigenvalue weighted by Gasteiger charge is -2.12. The molecule has 0 aromatic heterocycles. The van der Waals surface area contributed by atoms with E-state index in [-0.39, 0.29) is 5.91 Å². The van der Waals surface area contributed by atoms with E-state index in [9.17, 15) is 4.79 Å². The Balaban J connectivity index is 1.91. The van der Waals surface area contributed by atoms with E-state index in [4.69, 9.17) is 5.73 Å². The molecular weight excluding hydrogens is 224 g/mol. The predicted octanol–water partition coefficient (Wildman–Crippen LogP) is 2.74. The van der Waals surface area contributed by atoms with Crippen LogP contribution in [0.2, 0.25) is 0 Å². The largest absolute Gasteiger partial charge is 0.398 e. The lowest BCUT2D eigenvalue weighted by Crippen LogP contribution is -2.29. The van der Waals surface area contributed by atoms with Gasteiger partial charge in [0.2, 0.25) is 0 Å². The van der Waals surface area contributed by atoms with Crippen LogP contribution < -0.4 is 11.1 Å². The molecule has 0 aliphatic heterocycles. The predicted molar refractivity (Wildman–Crippen MR) is 74.4 cm³/mol. The molecule has 1 aliphatic rings. The fourth-order valence-corrected chi connectivity index (χ4v) is 2.73. The second-order valence-corrected chi connectivity index (χ2v) is 5.58. The highest BCUT2D eigenvalue weighted by Crippen LogP contribution is 2.29. The Morgan fingerprint density at radius 3 is 2.83 bits per heavy atom. The average Bonchev–Trinajstić information content (AvgIpc) is 2.72. The van der Waals surface area contributed by atoms with Crippen LogP contribution >= 0.6 is 0 Å². The van der Waals surface area contributed by atoms with Crippen LogP contribution in [0.3, 0.4) is 0 Å². The Bertz CT molecular complexity index is 442. The smallest absolute Gasteiger partial charge is 0.253 e. The minimum absolute atomic E-state index is 0.0490. The molecule has 98 valence electrons. The summed E-state index contributed by atoms with van der Waals surface area (Å²) in [6, 6.07) is 5.56. The summed E-state index contributed by atoms with van der Waals surface area (Å²) in [5.74, 6) is 1.39. The van der Waals surface area contributed by atoms with Gasteiger partial charge < -0.3 is 11.1 Å². The Labute approximate surface area is 109 Å². The summed E-state index contributed by atoms with van der Waals surface area (Å²) in [7, 11) is 0. The number of carbonyl (C=O) groups is 1. The van der Waals surface area contributed by atoms with Gasteiger partial charge in [-0.15, -0.1) is 0 Å². The Morgan fingerprint density at radius 2 is 2.22 bits per heavy atom. The van der Waals surface area contributed by atoms with Crippen molar-refractivity contribution >= 4 is 11.6 Å². The van der Waals surface area contributed by atoms with E-state index >= 15 is 0 Å². The van der Waals surface area contributed by atoms with Crippen molar-refractivity contribution in [1.29, 1.82) is 0 Å². The van der Waals surface area contributed by atoms with Gasteiger partial charge in [-0.1, -0.05) is 19.4 Å². The average molecular weight is 246 g/mol. The molecule has 0 radical (unpaired) electrons. The minimum Gasteiger partial charge on any atom is -0.398 e. The fraction of sp³-hybridized carbons (Fsp3) is 0.533. The SMILES string of the molecule is Cc1ccc(C(=O)NCC2CCC(C)C2)c(N)c1. The Hall–Kier alpha value is -1.51. The zero-order valence-corrected chi connectivity index (χ0v) is 11.2. The Kier molecular flexibility index (Phi) is 3.90. The lowest BCUT2D eigenvalue weighted by molar-refractivity contribution is 0.0948. The van der Waals surface area contributed by atoms with E-state index < -0.39 is 0 Å². The number of nitrogen functional groups attached to an aromatic ring is 1. The zero-order chi connectivity index (χ0) is 13.1. The molecule has 0 saturated heterocycles. The van der Waals surface area contributed by atoms with E-state index in [1.54, 1.807) is 6.07 Å². The van der Waals surface area contributed by atoms with E-state index in [0.717, 1.165) is 18.0 Å². The van der Waals surface area contributed by atoms with Crippen LogP contribution in [-0.4, -0.2) is 12.5 Å². The minimum atomic E-state index is -0.0490. The molecule has 1 fully saturated rings. The van der Waals surface area contributed by atoms with Crippen molar-refractivity contribution in [3.63, 3.8) is 0 Å². The standard InChI is InChI=1S/C15H22N2O/c1-10-3-5-12(7-10)9-17-15(18)13-6-4-11(2)8-14(13)16/h4,6,8,10,12H,3,5,7,9,16H2,1-2H3,(H,17,18). The molecule has 3 heteroatoms. The molecule has 1 saturated carbocycles. The molecule has 18 heavy (non-hydrogen) atoms. The number of hydrogen-bond acceptors (Lipinski definition) is 2. The maximum absolute atomic E-state index is 12.0. The normalized spacial score (nSPS) is 23.0. The van der Waals surface area contributed by atoms with Crippen LogP contribution in [0.15, 0.2) is 18.2 Å². The van der Waals surface area contributed by atoms with Gasteiger partial charge >= 0.3 is 0 Å². The summed E-state index contributed by atoms with van der Waals surface area (Å²) >= 11 is 0. The molecule has 0 heterocycles. The van der Waals surface area contributed by atoms with Gasteiger partial charge in [-0.3, -0.25) is 4.79 Å². The van der Waals surface area contributed by atoms with Gasteiger partial charge in [-0.2, -0.15) is 0 Å². The van der Waals surface area contributed by atoms with Crippen molar-refractivity contribution in [3.8, 4) is 0 Å². The summed E-state index contributed by atoms with van der Waals surface area (Å²) in [5.41, 5.74) is 8.10. The van der Waals surface area contributed by atoms with Crippen molar-refractivity contribution < 1.29 is 4.79 Å². The van der Waals surface area contributed by atoms with Crippen molar-refractivity contribution in [2.45, 2.75) is 33.1 Å². The molecule has 0 spiro atoms. The van der Waals surface area contributed by atoms with Gasteiger partial charge in [-0.05, 0) is 49.3 Å². The number of amides is 1. The number of anilines is 1.